The lowest BCUT2D eigenvalue weighted by atomic mass is 10.1. The Morgan fingerprint density at radius 2 is 1.70 bits per heavy atom. The summed E-state index contributed by atoms with van der Waals surface area (Å²) in [5.41, 5.74) is 0.921. The molecule has 8 heteroatoms. The minimum Gasteiger partial charge on any atom is -0.479 e. The van der Waals surface area contributed by atoms with Gasteiger partial charge < -0.3 is 19.9 Å². The minimum absolute atomic E-state index is 0.0326. The van der Waals surface area contributed by atoms with Gasteiger partial charge in [-0.2, -0.15) is 0 Å². The number of nitrogens with one attached hydrogen (secondary N) is 1. The van der Waals surface area contributed by atoms with Crippen LogP contribution in [0.2, 0.25) is 0 Å². The fraction of sp³-hybridized carbons (Fsp3) is 0.160. The van der Waals surface area contributed by atoms with E-state index < -0.39 is 24.0 Å². The summed E-state index contributed by atoms with van der Waals surface area (Å²) >= 11 is 0. The molecule has 2 unspecified atom stereocenters. The highest BCUT2D eigenvalue weighted by Gasteiger charge is 2.37. The van der Waals surface area contributed by atoms with Crippen molar-refractivity contribution in [1.29, 1.82) is 0 Å². The lowest BCUT2D eigenvalue weighted by Gasteiger charge is -2.36. The molecule has 1 heterocycles. The molecule has 0 spiro atoms. The average Bonchev–Trinajstić information content (AvgIpc) is 2.81. The summed E-state index contributed by atoms with van der Waals surface area (Å²) in [4.78, 5) is 38.4. The highest BCUT2D eigenvalue weighted by atomic mass is 16.5. The van der Waals surface area contributed by atoms with Crippen molar-refractivity contribution in [3.8, 4) is 17.2 Å². The van der Waals surface area contributed by atoms with Crippen molar-refractivity contribution < 1.29 is 29.0 Å². The van der Waals surface area contributed by atoms with E-state index in [-0.39, 0.29) is 17.2 Å². The first-order chi connectivity index (χ1) is 15.8. The Bertz CT molecular complexity index is 1190. The number of carboxylic acids is 1. The number of fused-ring (bicyclic) bond motifs is 1. The summed E-state index contributed by atoms with van der Waals surface area (Å²) < 4.78 is 11.3. The molecule has 0 aliphatic carbocycles. The van der Waals surface area contributed by atoms with Gasteiger partial charge in [0.2, 0.25) is 5.91 Å². The highest BCUT2D eigenvalue weighted by Crippen LogP contribution is 2.36. The summed E-state index contributed by atoms with van der Waals surface area (Å²) in [6.45, 7) is 3.16. The number of hydrogen-bond donors (Lipinski definition) is 2. The van der Waals surface area contributed by atoms with Gasteiger partial charge in [0.15, 0.2) is 6.10 Å². The number of ether oxygens (including phenoxy) is 2. The molecule has 8 nitrogen and oxygen atoms in total. The number of carboxylic acid groups (broad SMARTS) is 1. The molecule has 1 aliphatic rings. The van der Waals surface area contributed by atoms with Crippen LogP contribution in [0.1, 0.15) is 24.2 Å². The average molecular weight is 446 g/mol. The first-order valence-corrected chi connectivity index (χ1v) is 10.3. The maximum absolute atomic E-state index is 13.0. The van der Waals surface area contributed by atoms with E-state index in [4.69, 9.17) is 9.47 Å². The third kappa shape index (κ3) is 4.64. The Labute approximate surface area is 190 Å². The number of hydrogen-bond acceptors (Lipinski definition) is 5. The van der Waals surface area contributed by atoms with Crippen LogP contribution < -0.4 is 19.7 Å². The van der Waals surface area contributed by atoms with Gasteiger partial charge in [-0.1, -0.05) is 18.2 Å². The molecule has 4 rings (SSSR count). The minimum atomic E-state index is -1.11. The van der Waals surface area contributed by atoms with Crippen LogP contribution in [0.5, 0.6) is 17.2 Å². The van der Waals surface area contributed by atoms with Crippen molar-refractivity contribution in [3.05, 3.63) is 78.4 Å². The smallest absolute Gasteiger partial charge is 0.335 e. The van der Waals surface area contributed by atoms with Crippen LogP contribution in [0, 0.1) is 0 Å². The monoisotopic (exact) mass is 446 g/mol. The predicted octanol–water partition coefficient (Wildman–Crippen LogP) is 4.32. The van der Waals surface area contributed by atoms with E-state index in [1.165, 1.54) is 23.1 Å². The molecule has 0 bridgehead atoms. The number of anilines is 2. The topological polar surface area (TPSA) is 105 Å². The molecule has 3 aromatic carbocycles. The molecule has 0 radical (unpaired) electrons. The SMILES string of the molecule is CC1Oc2cc(C(=O)O)ccc2N(C(C)C(=O)Nc2ccc(Oc3ccccc3)cc2)C1=O. The zero-order valence-corrected chi connectivity index (χ0v) is 18.0. The van der Waals surface area contributed by atoms with Crippen LogP contribution in [0.4, 0.5) is 11.4 Å². The zero-order chi connectivity index (χ0) is 23.5. The molecule has 2 N–H and O–H groups in total. The van der Waals surface area contributed by atoms with E-state index in [0.717, 1.165) is 0 Å². The molecule has 2 amide bonds. The summed E-state index contributed by atoms with van der Waals surface area (Å²) in [6.07, 6.45) is -0.855. The van der Waals surface area contributed by atoms with Crippen molar-refractivity contribution >= 4 is 29.2 Å². The Morgan fingerprint density at radius 3 is 2.36 bits per heavy atom. The Morgan fingerprint density at radius 1 is 1.03 bits per heavy atom. The van der Waals surface area contributed by atoms with Gasteiger partial charge in [-0.3, -0.25) is 14.5 Å². The van der Waals surface area contributed by atoms with Gasteiger partial charge in [-0.05, 0) is 68.4 Å². The van der Waals surface area contributed by atoms with Gasteiger partial charge in [0, 0.05) is 5.69 Å². The van der Waals surface area contributed by atoms with Gasteiger partial charge in [-0.15, -0.1) is 0 Å². The number of nitrogens with zero attached hydrogens (tertiary/aromatic N) is 1. The van der Waals surface area contributed by atoms with E-state index in [2.05, 4.69) is 5.32 Å². The normalized spacial score (nSPS) is 15.8. The summed E-state index contributed by atoms with van der Waals surface area (Å²) in [6, 6.07) is 19.6. The van der Waals surface area contributed by atoms with Crippen molar-refractivity contribution in [2.24, 2.45) is 0 Å². The molecular weight excluding hydrogens is 424 g/mol. The molecule has 33 heavy (non-hydrogen) atoms. The molecular formula is C25H22N2O6. The van der Waals surface area contributed by atoms with Crippen molar-refractivity contribution in [2.45, 2.75) is 26.0 Å². The fourth-order valence-corrected chi connectivity index (χ4v) is 3.49. The summed E-state index contributed by atoms with van der Waals surface area (Å²) in [7, 11) is 0. The van der Waals surface area contributed by atoms with Crippen LogP contribution in [-0.2, 0) is 9.59 Å². The predicted molar refractivity (Wildman–Crippen MR) is 122 cm³/mol. The third-order valence-electron chi connectivity index (χ3n) is 5.22. The maximum atomic E-state index is 13.0. The maximum Gasteiger partial charge on any atom is 0.335 e. The van der Waals surface area contributed by atoms with Crippen LogP contribution in [0.15, 0.2) is 72.8 Å². The number of rotatable bonds is 6. The zero-order valence-electron chi connectivity index (χ0n) is 18.0. The van der Waals surface area contributed by atoms with Crippen LogP contribution in [-0.4, -0.2) is 35.0 Å². The van der Waals surface area contributed by atoms with E-state index >= 15 is 0 Å². The van der Waals surface area contributed by atoms with Crippen molar-refractivity contribution in [1.82, 2.24) is 0 Å². The highest BCUT2D eigenvalue weighted by molar-refractivity contribution is 6.08. The number of carbonyl (C=O) groups excluding carboxylic acids is 2. The van der Waals surface area contributed by atoms with Crippen molar-refractivity contribution in [3.63, 3.8) is 0 Å². The van der Waals surface area contributed by atoms with E-state index in [9.17, 15) is 19.5 Å². The second-order valence-corrected chi connectivity index (χ2v) is 7.56. The number of benzene rings is 3. The molecule has 2 atom stereocenters. The lowest BCUT2D eigenvalue weighted by Crippen LogP contribution is -2.52. The van der Waals surface area contributed by atoms with Crippen molar-refractivity contribution in [2.75, 3.05) is 10.2 Å². The Kier molecular flexibility index (Phi) is 5.99. The number of para-hydroxylation sites is 1. The molecule has 1 aliphatic heterocycles. The molecule has 168 valence electrons. The molecule has 0 aromatic heterocycles. The largest absolute Gasteiger partial charge is 0.479 e. The van der Waals surface area contributed by atoms with E-state index in [0.29, 0.717) is 22.9 Å². The first-order valence-electron chi connectivity index (χ1n) is 10.3. The van der Waals surface area contributed by atoms with Crippen LogP contribution in [0.25, 0.3) is 0 Å². The van der Waals surface area contributed by atoms with Crippen LogP contribution in [0.3, 0.4) is 0 Å². The molecule has 0 saturated carbocycles. The van der Waals surface area contributed by atoms with Gasteiger partial charge in [0.25, 0.3) is 5.91 Å². The standard InChI is InChI=1S/C25H22N2O6/c1-15(27-21-13-8-17(25(30)31)14-22(21)32-16(2)24(27)29)23(28)26-18-9-11-20(12-10-18)33-19-6-4-3-5-7-19/h3-16H,1-2H3,(H,26,28)(H,30,31). The van der Waals surface area contributed by atoms with Crippen LogP contribution >= 0.6 is 0 Å². The van der Waals surface area contributed by atoms with E-state index in [1.54, 1.807) is 38.1 Å². The van der Waals surface area contributed by atoms with Gasteiger partial charge >= 0.3 is 5.97 Å². The second kappa shape index (κ2) is 9.04. The number of carbonyl (C=O) groups is 3. The molecule has 0 saturated heterocycles. The van der Waals surface area contributed by atoms with Gasteiger partial charge in [0.1, 0.15) is 23.3 Å². The second-order valence-electron chi connectivity index (χ2n) is 7.56. The Balaban J connectivity index is 1.50. The fourth-order valence-electron chi connectivity index (χ4n) is 3.49. The van der Waals surface area contributed by atoms with E-state index in [1.807, 2.05) is 30.3 Å². The summed E-state index contributed by atoms with van der Waals surface area (Å²) in [5, 5.41) is 12.0. The number of aromatic carboxylic acids is 1. The lowest BCUT2D eigenvalue weighted by molar-refractivity contribution is -0.128. The van der Waals surface area contributed by atoms with Gasteiger partial charge in [0.05, 0.1) is 11.3 Å². The first kappa shape index (κ1) is 21.9. The van der Waals surface area contributed by atoms with Gasteiger partial charge in [-0.25, -0.2) is 4.79 Å². The third-order valence-corrected chi connectivity index (χ3v) is 5.22. The quantitative estimate of drug-likeness (QED) is 0.584. The Hall–Kier alpha value is -4.33. The molecule has 3 aromatic rings. The molecule has 0 fully saturated rings. The number of amides is 2. The summed E-state index contributed by atoms with van der Waals surface area (Å²) in [5.74, 6) is -0.338.